The fraction of sp³-hybridized carbons (Fsp3) is 0.526. The average Bonchev–Trinajstić information content (AvgIpc) is 3.17. The predicted molar refractivity (Wildman–Crippen MR) is 90.5 cm³/mol. The largest absolute Gasteiger partial charge is 0.391 e. The SMILES string of the molecule is Cc1noc([C@H]2C[C@@H](O)CN2C(=O)C2(Cc3ccccc3)CCC2)n1. The molecule has 1 aromatic heterocycles. The summed E-state index contributed by atoms with van der Waals surface area (Å²) < 4.78 is 5.29. The molecule has 2 aliphatic rings. The van der Waals surface area contributed by atoms with E-state index in [2.05, 4.69) is 22.3 Å². The number of aliphatic hydroxyl groups is 1. The topological polar surface area (TPSA) is 79.5 Å². The van der Waals surface area contributed by atoms with Crippen LogP contribution in [0.25, 0.3) is 0 Å². The van der Waals surface area contributed by atoms with Crippen LogP contribution in [0.1, 0.15) is 49.0 Å². The van der Waals surface area contributed by atoms with Gasteiger partial charge >= 0.3 is 0 Å². The summed E-state index contributed by atoms with van der Waals surface area (Å²) in [4.78, 5) is 19.5. The van der Waals surface area contributed by atoms with Crippen LogP contribution in [-0.4, -0.2) is 38.7 Å². The molecule has 6 nitrogen and oxygen atoms in total. The zero-order valence-electron chi connectivity index (χ0n) is 14.4. The van der Waals surface area contributed by atoms with Crippen LogP contribution in [0.4, 0.5) is 0 Å². The van der Waals surface area contributed by atoms with Crippen molar-refractivity contribution in [2.24, 2.45) is 5.41 Å². The molecule has 1 aliphatic heterocycles. The van der Waals surface area contributed by atoms with E-state index in [1.165, 1.54) is 5.56 Å². The first kappa shape index (κ1) is 16.3. The highest BCUT2D eigenvalue weighted by Gasteiger charge is 2.50. The van der Waals surface area contributed by atoms with Gasteiger partial charge in [0.25, 0.3) is 0 Å². The third kappa shape index (κ3) is 2.95. The van der Waals surface area contributed by atoms with Crippen LogP contribution in [-0.2, 0) is 11.2 Å². The number of aliphatic hydroxyl groups excluding tert-OH is 1. The number of likely N-dealkylation sites (tertiary alicyclic amines) is 1. The molecule has 1 N–H and O–H groups in total. The summed E-state index contributed by atoms with van der Waals surface area (Å²) in [5.74, 6) is 1.09. The summed E-state index contributed by atoms with van der Waals surface area (Å²) in [6.07, 6.45) is 3.50. The van der Waals surface area contributed by atoms with Gasteiger partial charge in [-0.1, -0.05) is 41.9 Å². The molecule has 1 saturated heterocycles. The number of aryl methyl sites for hydroxylation is 1. The van der Waals surface area contributed by atoms with Crippen LogP contribution in [0.2, 0.25) is 0 Å². The van der Waals surface area contributed by atoms with Crippen molar-refractivity contribution in [1.29, 1.82) is 0 Å². The summed E-state index contributed by atoms with van der Waals surface area (Å²) in [5, 5.41) is 14.0. The Morgan fingerprint density at radius 2 is 2.12 bits per heavy atom. The molecule has 0 spiro atoms. The lowest BCUT2D eigenvalue weighted by atomic mass is 9.64. The third-order valence-corrected chi connectivity index (χ3v) is 5.52. The number of rotatable bonds is 4. The third-order valence-electron chi connectivity index (χ3n) is 5.52. The maximum absolute atomic E-state index is 13.4. The molecule has 25 heavy (non-hydrogen) atoms. The van der Waals surface area contributed by atoms with Crippen molar-refractivity contribution in [2.45, 2.75) is 51.2 Å². The van der Waals surface area contributed by atoms with Crippen molar-refractivity contribution in [3.05, 3.63) is 47.6 Å². The minimum Gasteiger partial charge on any atom is -0.391 e. The zero-order valence-corrected chi connectivity index (χ0v) is 14.4. The van der Waals surface area contributed by atoms with Gasteiger partial charge in [-0.3, -0.25) is 4.79 Å². The maximum atomic E-state index is 13.4. The number of aromatic nitrogens is 2. The highest BCUT2D eigenvalue weighted by molar-refractivity contribution is 5.84. The average molecular weight is 341 g/mol. The van der Waals surface area contributed by atoms with Gasteiger partial charge in [0, 0.05) is 13.0 Å². The van der Waals surface area contributed by atoms with Crippen molar-refractivity contribution in [3.8, 4) is 0 Å². The molecule has 0 bridgehead atoms. The van der Waals surface area contributed by atoms with Crippen LogP contribution < -0.4 is 0 Å². The summed E-state index contributed by atoms with van der Waals surface area (Å²) in [5.41, 5.74) is 0.819. The second kappa shape index (κ2) is 6.26. The van der Waals surface area contributed by atoms with Gasteiger partial charge in [0.05, 0.1) is 11.5 Å². The standard InChI is InChI=1S/C19H23N3O3/c1-13-20-17(25-21-13)16-10-15(23)12-22(16)18(24)19(8-5-9-19)11-14-6-3-2-4-7-14/h2-4,6-7,15-16,23H,5,8-12H2,1H3/t15-,16-/m1/s1. The van der Waals surface area contributed by atoms with E-state index in [1.807, 2.05) is 18.2 Å². The van der Waals surface area contributed by atoms with E-state index in [4.69, 9.17) is 4.52 Å². The first-order chi connectivity index (χ1) is 12.1. The molecule has 0 unspecified atom stereocenters. The molecule has 1 amide bonds. The number of hydrogen-bond acceptors (Lipinski definition) is 5. The molecule has 1 aliphatic carbocycles. The van der Waals surface area contributed by atoms with E-state index in [9.17, 15) is 9.90 Å². The van der Waals surface area contributed by atoms with Crippen LogP contribution >= 0.6 is 0 Å². The number of carbonyl (C=O) groups is 1. The number of amides is 1. The first-order valence-electron chi connectivity index (χ1n) is 8.91. The Morgan fingerprint density at radius 3 is 2.72 bits per heavy atom. The number of nitrogens with zero attached hydrogens (tertiary/aromatic N) is 3. The molecule has 2 fully saturated rings. The van der Waals surface area contributed by atoms with Crippen molar-refractivity contribution in [3.63, 3.8) is 0 Å². The summed E-state index contributed by atoms with van der Waals surface area (Å²) in [7, 11) is 0. The minimum atomic E-state index is -0.546. The molecule has 0 radical (unpaired) electrons. The molecule has 2 aromatic rings. The lowest BCUT2D eigenvalue weighted by molar-refractivity contribution is -0.149. The van der Waals surface area contributed by atoms with Crippen LogP contribution in [0.5, 0.6) is 0 Å². The Morgan fingerprint density at radius 1 is 1.36 bits per heavy atom. The zero-order chi connectivity index (χ0) is 17.4. The molecule has 6 heteroatoms. The Labute approximate surface area is 146 Å². The first-order valence-corrected chi connectivity index (χ1v) is 8.91. The second-order valence-corrected chi connectivity index (χ2v) is 7.34. The summed E-state index contributed by atoms with van der Waals surface area (Å²) in [6.45, 7) is 2.09. The summed E-state index contributed by atoms with van der Waals surface area (Å²) >= 11 is 0. The van der Waals surface area contributed by atoms with Gasteiger partial charge in [0.2, 0.25) is 11.8 Å². The van der Waals surface area contributed by atoms with E-state index < -0.39 is 6.10 Å². The van der Waals surface area contributed by atoms with Crippen LogP contribution in [0, 0.1) is 12.3 Å². The Bertz CT molecular complexity index is 754. The van der Waals surface area contributed by atoms with Gasteiger partial charge in [-0.2, -0.15) is 4.98 Å². The fourth-order valence-electron chi connectivity index (χ4n) is 4.08. The van der Waals surface area contributed by atoms with E-state index >= 15 is 0 Å². The van der Waals surface area contributed by atoms with Crippen LogP contribution in [0.3, 0.4) is 0 Å². The molecule has 1 aromatic carbocycles. The molecule has 2 atom stereocenters. The fourth-order valence-corrected chi connectivity index (χ4v) is 4.08. The van der Waals surface area contributed by atoms with E-state index in [1.54, 1.807) is 11.8 Å². The quantitative estimate of drug-likeness (QED) is 0.924. The van der Waals surface area contributed by atoms with Crippen molar-refractivity contribution < 1.29 is 14.4 Å². The molecule has 4 rings (SSSR count). The van der Waals surface area contributed by atoms with Gasteiger partial charge in [-0.25, -0.2) is 0 Å². The lowest BCUT2D eigenvalue weighted by Crippen LogP contribution is -2.49. The Hall–Kier alpha value is -2.21. The highest BCUT2D eigenvalue weighted by atomic mass is 16.5. The summed E-state index contributed by atoms with van der Waals surface area (Å²) in [6, 6.07) is 9.84. The Balaban J connectivity index is 1.59. The van der Waals surface area contributed by atoms with E-state index in [-0.39, 0.29) is 17.4 Å². The number of β-amino-alcohol motifs (C(OH)–C–C–N with tert-alkyl or cyclic N) is 1. The number of hydrogen-bond donors (Lipinski definition) is 1. The van der Waals surface area contributed by atoms with Crippen molar-refractivity contribution in [1.82, 2.24) is 15.0 Å². The van der Waals surface area contributed by atoms with Crippen LogP contribution in [0.15, 0.2) is 34.9 Å². The second-order valence-electron chi connectivity index (χ2n) is 7.34. The smallest absolute Gasteiger partial charge is 0.249 e. The molecule has 2 heterocycles. The lowest BCUT2D eigenvalue weighted by Gasteiger charge is -2.43. The van der Waals surface area contributed by atoms with E-state index in [0.29, 0.717) is 24.7 Å². The van der Waals surface area contributed by atoms with Gasteiger partial charge in [0.1, 0.15) is 6.04 Å². The van der Waals surface area contributed by atoms with Gasteiger partial charge in [0.15, 0.2) is 5.82 Å². The molecule has 132 valence electrons. The normalized spacial score (nSPS) is 25.0. The van der Waals surface area contributed by atoms with Gasteiger partial charge < -0.3 is 14.5 Å². The number of carbonyl (C=O) groups excluding carboxylic acids is 1. The van der Waals surface area contributed by atoms with E-state index in [0.717, 1.165) is 25.7 Å². The predicted octanol–water partition coefficient (Wildman–Crippen LogP) is 2.43. The van der Waals surface area contributed by atoms with Crippen molar-refractivity contribution >= 4 is 5.91 Å². The minimum absolute atomic E-state index is 0.111. The van der Waals surface area contributed by atoms with Crippen molar-refractivity contribution in [2.75, 3.05) is 6.54 Å². The Kier molecular flexibility index (Phi) is 4.07. The molecular formula is C19H23N3O3. The monoisotopic (exact) mass is 341 g/mol. The van der Waals surface area contributed by atoms with Gasteiger partial charge in [-0.05, 0) is 31.7 Å². The van der Waals surface area contributed by atoms with Gasteiger partial charge in [-0.15, -0.1) is 0 Å². The highest BCUT2D eigenvalue weighted by Crippen LogP contribution is 2.47. The molecule has 1 saturated carbocycles. The number of benzene rings is 1. The molecular weight excluding hydrogens is 318 g/mol. The maximum Gasteiger partial charge on any atom is 0.249 e.